The summed E-state index contributed by atoms with van der Waals surface area (Å²) >= 11 is 2.03. The van der Waals surface area contributed by atoms with Crippen molar-refractivity contribution in [2.75, 3.05) is 0 Å². The minimum Gasteiger partial charge on any atom is -0.544 e. The van der Waals surface area contributed by atoms with Crippen LogP contribution < -0.4 is 5.11 Å². The molecule has 0 saturated heterocycles. The summed E-state index contributed by atoms with van der Waals surface area (Å²) in [4.78, 5) is 15.6. The van der Waals surface area contributed by atoms with Crippen molar-refractivity contribution in [3.63, 3.8) is 0 Å². The Labute approximate surface area is 124 Å². The lowest BCUT2D eigenvalue weighted by molar-refractivity contribution is -0.254. The molecule has 21 heavy (non-hydrogen) atoms. The largest absolute Gasteiger partial charge is 0.544 e. The van der Waals surface area contributed by atoms with E-state index >= 15 is 0 Å². The molecule has 0 aliphatic heterocycles. The van der Waals surface area contributed by atoms with Gasteiger partial charge in [-0.3, -0.25) is 4.98 Å². The number of rotatable bonds is 2. The highest BCUT2D eigenvalue weighted by Gasteiger charge is 2.32. The number of aromatic carboxylic acids is 1. The maximum Gasteiger partial charge on any atom is 0.417 e. The second-order valence-electron chi connectivity index (χ2n) is 4.14. The first kappa shape index (κ1) is 14.0. The summed E-state index contributed by atoms with van der Waals surface area (Å²) in [6.07, 6.45) is -3.80. The van der Waals surface area contributed by atoms with Crippen LogP contribution in [0.1, 0.15) is 15.2 Å². The fourth-order valence-electron chi connectivity index (χ4n) is 1.93. The van der Waals surface area contributed by atoms with Crippen LogP contribution in [0, 0.1) is 0 Å². The highest BCUT2D eigenvalue weighted by atomic mass is 32.1. The lowest BCUT2D eigenvalue weighted by atomic mass is 10.1. The van der Waals surface area contributed by atoms with Gasteiger partial charge >= 0.3 is 6.18 Å². The van der Waals surface area contributed by atoms with Crippen LogP contribution >= 0.6 is 22.7 Å². The number of hydrogen-bond donors (Lipinski definition) is 0. The number of carboxylic acids is 1. The Morgan fingerprint density at radius 2 is 2.10 bits per heavy atom. The molecule has 3 aromatic rings. The average molecular weight is 328 g/mol. The van der Waals surface area contributed by atoms with E-state index < -0.39 is 17.7 Å². The quantitative estimate of drug-likeness (QED) is 0.724. The first-order valence-electron chi connectivity index (χ1n) is 5.63. The van der Waals surface area contributed by atoms with E-state index in [-0.39, 0.29) is 15.1 Å². The third-order valence-corrected chi connectivity index (χ3v) is 4.80. The first-order valence-corrected chi connectivity index (χ1v) is 7.32. The number of hydrogen-bond acceptors (Lipinski definition) is 5. The second-order valence-corrected chi connectivity index (χ2v) is 6.14. The molecule has 3 aromatic heterocycles. The molecule has 0 aliphatic rings. The van der Waals surface area contributed by atoms with Crippen molar-refractivity contribution >= 4 is 38.9 Å². The summed E-state index contributed by atoms with van der Waals surface area (Å²) in [6, 6.07) is 4.33. The van der Waals surface area contributed by atoms with E-state index in [2.05, 4.69) is 4.98 Å². The Bertz CT molecular complexity index is 822. The van der Waals surface area contributed by atoms with Crippen LogP contribution in [0.3, 0.4) is 0 Å². The van der Waals surface area contributed by atoms with E-state index in [9.17, 15) is 23.1 Å². The first-order chi connectivity index (χ1) is 9.88. The SMILES string of the molecule is O=C([O-])c1sc2cc(C(F)(F)F)cnc2c1-c1cccs1. The van der Waals surface area contributed by atoms with Crippen LogP contribution in [0.5, 0.6) is 0 Å². The van der Waals surface area contributed by atoms with Crippen LogP contribution in [-0.4, -0.2) is 11.0 Å². The monoisotopic (exact) mass is 328 g/mol. The van der Waals surface area contributed by atoms with Crippen LogP contribution in [-0.2, 0) is 6.18 Å². The molecule has 0 spiro atoms. The number of nitrogens with zero attached hydrogens (tertiary/aromatic N) is 1. The predicted molar refractivity (Wildman–Crippen MR) is 72.3 cm³/mol. The fraction of sp³-hybridized carbons (Fsp3) is 0.0769. The molecule has 0 fully saturated rings. The van der Waals surface area contributed by atoms with E-state index in [1.54, 1.807) is 17.5 Å². The third kappa shape index (κ3) is 2.40. The lowest BCUT2D eigenvalue weighted by Crippen LogP contribution is -2.21. The summed E-state index contributed by atoms with van der Waals surface area (Å²) in [7, 11) is 0. The normalized spacial score (nSPS) is 12.0. The summed E-state index contributed by atoms with van der Waals surface area (Å²) in [5.74, 6) is -1.42. The van der Waals surface area contributed by atoms with Crippen molar-refractivity contribution in [2.45, 2.75) is 6.18 Å². The Morgan fingerprint density at radius 1 is 1.33 bits per heavy atom. The van der Waals surface area contributed by atoms with Gasteiger partial charge in [-0.25, -0.2) is 0 Å². The second kappa shape index (κ2) is 4.81. The van der Waals surface area contributed by atoms with Crippen molar-refractivity contribution in [1.29, 1.82) is 0 Å². The number of fused-ring (bicyclic) bond motifs is 1. The van der Waals surface area contributed by atoms with E-state index in [0.717, 1.165) is 17.4 Å². The molecule has 108 valence electrons. The van der Waals surface area contributed by atoms with Gasteiger partial charge in [-0.1, -0.05) is 6.07 Å². The smallest absolute Gasteiger partial charge is 0.417 e. The molecular weight excluding hydrogens is 323 g/mol. The fourth-order valence-corrected chi connectivity index (χ4v) is 3.82. The van der Waals surface area contributed by atoms with Crippen molar-refractivity contribution in [3.05, 3.63) is 40.2 Å². The molecule has 3 heterocycles. The minimum absolute atomic E-state index is 0.112. The number of carbonyl (C=O) groups excluding carboxylic acids is 1. The zero-order valence-electron chi connectivity index (χ0n) is 10.1. The van der Waals surface area contributed by atoms with Gasteiger partial charge < -0.3 is 9.90 Å². The molecule has 3 rings (SSSR count). The zero-order chi connectivity index (χ0) is 15.2. The summed E-state index contributed by atoms with van der Waals surface area (Å²) in [5, 5.41) is 13.0. The molecule has 0 atom stereocenters. The third-order valence-electron chi connectivity index (χ3n) is 2.81. The van der Waals surface area contributed by atoms with Crippen LogP contribution in [0.4, 0.5) is 13.2 Å². The lowest BCUT2D eigenvalue weighted by Gasteiger charge is -2.05. The zero-order valence-corrected chi connectivity index (χ0v) is 11.7. The Hall–Kier alpha value is -1.93. The van der Waals surface area contributed by atoms with Gasteiger partial charge in [-0.2, -0.15) is 13.2 Å². The standard InChI is InChI=1S/C13H6F3NO2S2/c14-13(15,16)6-4-8-10(17-5-6)9(7-2-1-3-20-7)11(21-8)12(18)19/h1-5H,(H,18,19)/p-1. The van der Waals surface area contributed by atoms with E-state index in [1.807, 2.05) is 0 Å². The maximum atomic E-state index is 12.7. The van der Waals surface area contributed by atoms with Gasteiger partial charge in [0.25, 0.3) is 0 Å². The number of thiophene rings is 2. The molecule has 8 heteroatoms. The highest BCUT2D eigenvalue weighted by molar-refractivity contribution is 7.22. The van der Waals surface area contributed by atoms with Gasteiger partial charge in [0.05, 0.1) is 26.6 Å². The predicted octanol–water partition coefficient (Wildman–Crippen LogP) is 3.41. The van der Waals surface area contributed by atoms with E-state index in [1.165, 1.54) is 11.3 Å². The summed E-state index contributed by atoms with van der Waals surface area (Å²) in [6.45, 7) is 0. The van der Waals surface area contributed by atoms with Crippen molar-refractivity contribution in [3.8, 4) is 10.4 Å². The number of halogens is 3. The molecule has 0 saturated carbocycles. The molecule has 0 aliphatic carbocycles. The molecule has 0 radical (unpaired) electrons. The average Bonchev–Trinajstić information content (AvgIpc) is 3.03. The molecule has 0 unspecified atom stereocenters. The Balaban J connectivity index is 2.31. The maximum absolute atomic E-state index is 12.7. The summed E-state index contributed by atoms with van der Waals surface area (Å²) < 4.78 is 38.3. The molecule has 0 aromatic carbocycles. The number of carboxylic acid groups (broad SMARTS) is 1. The van der Waals surface area contributed by atoms with Gasteiger partial charge in [-0.05, 0) is 17.5 Å². The Morgan fingerprint density at radius 3 is 2.67 bits per heavy atom. The Kier molecular flexibility index (Phi) is 3.22. The van der Waals surface area contributed by atoms with Gasteiger partial charge in [0.1, 0.15) is 0 Å². The van der Waals surface area contributed by atoms with Crippen LogP contribution in [0.25, 0.3) is 20.7 Å². The summed E-state index contributed by atoms with van der Waals surface area (Å²) in [5.41, 5.74) is -0.341. The van der Waals surface area contributed by atoms with Crippen LogP contribution in [0.15, 0.2) is 29.8 Å². The van der Waals surface area contributed by atoms with Crippen molar-refractivity contribution in [2.24, 2.45) is 0 Å². The van der Waals surface area contributed by atoms with E-state index in [4.69, 9.17) is 0 Å². The van der Waals surface area contributed by atoms with Gasteiger partial charge in [0, 0.05) is 16.6 Å². The van der Waals surface area contributed by atoms with E-state index in [0.29, 0.717) is 16.6 Å². The molecule has 0 N–H and O–H groups in total. The number of alkyl halides is 3. The number of carbonyl (C=O) groups is 1. The molecular formula is C13H5F3NO2S2-. The molecule has 0 bridgehead atoms. The topological polar surface area (TPSA) is 53.0 Å². The van der Waals surface area contributed by atoms with Crippen molar-refractivity contribution in [1.82, 2.24) is 4.98 Å². The van der Waals surface area contributed by atoms with Gasteiger partial charge in [-0.15, -0.1) is 22.7 Å². The minimum atomic E-state index is -4.52. The molecule has 3 nitrogen and oxygen atoms in total. The molecule has 0 amide bonds. The van der Waals surface area contributed by atoms with Crippen molar-refractivity contribution < 1.29 is 23.1 Å². The van der Waals surface area contributed by atoms with Gasteiger partial charge in [0.15, 0.2) is 0 Å². The highest BCUT2D eigenvalue weighted by Crippen LogP contribution is 2.41. The number of aromatic nitrogens is 1. The van der Waals surface area contributed by atoms with Crippen LogP contribution in [0.2, 0.25) is 0 Å². The van der Waals surface area contributed by atoms with Gasteiger partial charge in [0.2, 0.25) is 0 Å². The number of pyridine rings is 1.